The minimum Gasteiger partial charge on any atom is -0.495 e. The number of aromatic nitrogens is 2. The molecule has 2 heterocycles. The number of rotatable bonds is 4. The Bertz CT molecular complexity index is 630. The van der Waals surface area contributed by atoms with Crippen LogP contribution in [0.15, 0.2) is 11.4 Å². The molecule has 6 heteroatoms. The van der Waals surface area contributed by atoms with E-state index in [2.05, 4.69) is 10.4 Å². The van der Waals surface area contributed by atoms with Crippen molar-refractivity contribution in [3.63, 3.8) is 0 Å². The quantitative estimate of drug-likeness (QED) is 0.942. The van der Waals surface area contributed by atoms with Gasteiger partial charge in [-0.15, -0.1) is 11.3 Å². The smallest absolute Gasteiger partial charge is 0.265 e. The van der Waals surface area contributed by atoms with Gasteiger partial charge >= 0.3 is 0 Å². The molecular weight excluding hydrogens is 274 g/mol. The first kappa shape index (κ1) is 14.6. The molecule has 108 valence electrons. The van der Waals surface area contributed by atoms with E-state index in [1.165, 1.54) is 11.3 Å². The van der Waals surface area contributed by atoms with Crippen molar-refractivity contribution >= 4 is 17.2 Å². The van der Waals surface area contributed by atoms with E-state index >= 15 is 0 Å². The van der Waals surface area contributed by atoms with Gasteiger partial charge in [-0.3, -0.25) is 9.48 Å². The summed E-state index contributed by atoms with van der Waals surface area (Å²) in [4.78, 5) is 12.9. The molecule has 0 fully saturated rings. The normalized spacial score (nSPS) is 12.2. The summed E-state index contributed by atoms with van der Waals surface area (Å²) in [5.74, 6) is 0.492. The minimum absolute atomic E-state index is 0.0944. The number of ether oxygens (including phenoxy) is 1. The zero-order chi connectivity index (χ0) is 14.9. The van der Waals surface area contributed by atoms with Crippen LogP contribution in [0.1, 0.15) is 39.6 Å². The van der Waals surface area contributed by atoms with Gasteiger partial charge in [-0.1, -0.05) is 0 Å². The van der Waals surface area contributed by atoms with E-state index in [0.717, 1.165) is 17.0 Å². The molecule has 5 nitrogen and oxygen atoms in total. The Morgan fingerprint density at radius 3 is 2.75 bits per heavy atom. The fraction of sp³-hybridized carbons (Fsp3) is 0.429. The van der Waals surface area contributed by atoms with Crippen LogP contribution in [0, 0.1) is 13.8 Å². The number of nitrogens with zero attached hydrogens (tertiary/aromatic N) is 2. The average molecular weight is 293 g/mol. The lowest BCUT2D eigenvalue weighted by molar-refractivity contribution is 0.0941. The number of methoxy groups -OCH3 is 1. The average Bonchev–Trinajstić information content (AvgIpc) is 2.95. The van der Waals surface area contributed by atoms with Gasteiger partial charge in [0.05, 0.1) is 18.8 Å². The Morgan fingerprint density at radius 2 is 2.20 bits per heavy atom. The van der Waals surface area contributed by atoms with Crippen molar-refractivity contribution < 1.29 is 9.53 Å². The number of carbonyl (C=O) groups is 1. The van der Waals surface area contributed by atoms with Crippen molar-refractivity contribution in [3.8, 4) is 5.75 Å². The predicted octanol–water partition coefficient (Wildman–Crippen LogP) is 2.60. The summed E-state index contributed by atoms with van der Waals surface area (Å²) >= 11 is 1.38. The van der Waals surface area contributed by atoms with Gasteiger partial charge in [-0.2, -0.15) is 5.10 Å². The molecule has 0 aliphatic rings. The van der Waals surface area contributed by atoms with Crippen molar-refractivity contribution in [2.75, 3.05) is 7.11 Å². The molecule has 0 aliphatic heterocycles. The Hall–Kier alpha value is -1.82. The number of aryl methyl sites for hydroxylation is 2. The van der Waals surface area contributed by atoms with Crippen LogP contribution >= 0.6 is 11.3 Å². The molecular formula is C14H19N3O2S. The lowest BCUT2D eigenvalue weighted by Crippen LogP contribution is -2.27. The first-order valence-corrected chi connectivity index (χ1v) is 7.26. The van der Waals surface area contributed by atoms with Crippen molar-refractivity contribution in [3.05, 3.63) is 33.3 Å². The minimum atomic E-state index is -0.119. The molecule has 0 saturated heterocycles. The summed E-state index contributed by atoms with van der Waals surface area (Å²) in [6.07, 6.45) is 0. The highest BCUT2D eigenvalue weighted by Gasteiger charge is 2.21. The highest BCUT2D eigenvalue weighted by molar-refractivity contribution is 7.12. The van der Waals surface area contributed by atoms with Crippen LogP contribution in [0.25, 0.3) is 0 Å². The summed E-state index contributed by atoms with van der Waals surface area (Å²) in [6, 6.07) is 1.70. The SMILES string of the molecule is COc1ccsc1C(=O)N[C@@H](C)c1c(C)nn(C)c1C. The number of thiophene rings is 1. The number of hydrogen-bond donors (Lipinski definition) is 1. The highest BCUT2D eigenvalue weighted by atomic mass is 32.1. The molecule has 0 aliphatic carbocycles. The molecule has 1 N–H and O–H groups in total. The molecule has 2 aromatic heterocycles. The molecule has 2 rings (SSSR count). The summed E-state index contributed by atoms with van der Waals surface area (Å²) in [5.41, 5.74) is 3.07. The van der Waals surface area contributed by atoms with Gasteiger partial charge in [0, 0.05) is 18.3 Å². The Balaban J connectivity index is 2.19. The first-order chi connectivity index (χ1) is 9.45. The molecule has 0 unspecified atom stereocenters. The summed E-state index contributed by atoms with van der Waals surface area (Å²) < 4.78 is 7.01. The second kappa shape index (κ2) is 5.66. The number of nitrogens with one attached hydrogen (secondary N) is 1. The van der Waals surface area contributed by atoms with Gasteiger partial charge in [0.15, 0.2) is 0 Å². The van der Waals surface area contributed by atoms with Gasteiger partial charge in [0.2, 0.25) is 0 Å². The molecule has 0 aromatic carbocycles. The van der Waals surface area contributed by atoms with Crippen LogP contribution < -0.4 is 10.1 Å². The summed E-state index contributed by atoms with van der Waals surface area (Å²) in [7, 11) is 3.47. The predicted molar refractivity (Wildman–Crippen MR) is 79.4 cm³/mol. The van der Waals surface area contributed by atoms with Crippen LogP contribution in [-0.2, 0) is 7.05 Å². The molecule has 0 spiro atoms. The molecule has 0 radical (unpaired) electrons. The number of hydrogen-bond acceptors (Lipinski definition) is 4. The Kier molecular flexibility index (Phi) is 4.13. The van der Waals surface area contributed by atoms with Gasteiger partial charge in [0.25, 0.3) is 5.91 Å². The van der Waals surface area contributed by atoms with E-state index in [-0.39, 0.29) is 11.9 Å². The van der Waals surface area contributed by atoms with Crippen molar-refractivity contribution in [2.24, 2.45) is 7.05 Å². The van der Waals surface area contributed by atoms with Crippen molar-refractivity contribution in [2.45, 2.75) is 26.8 Å². The van der Waals surface area contributed by atoms with E-state index in [0.29, 0.717) is 10.6 Å². The standard InChI is InChI=1S/C14H19N3O2S/c1-8(12-9(2)16-17(4)10(12)3)15-14(18)13-11(19-5)6-7-20-13/h6-8H,1-5H3,(H,15,18)/t8-/m0/s1. The van der Waals surface area contributed by atoms with E-state index in [1.54, 1.807) is 13.2 Å². The molecule has 1 atom stereocenters. The Morgan fingerprint density at radius 1 is 1.50 bits per heavy atom. The highest BCUT2D eigenvalue weighted by Crippen LogP contribution is 2.26. The van der Waals surface area contributed by atoms with Crippen LogP contribution in [0.5, 0.6) is 5.75 Å². The summed E-state index contributed by atoms with van der Waals surface area (Å²) in [6.45, 7) is 5.93. The first-order valence-electron chi connectivity index (χ1n) is 6.38. The van der Waals surface area contributed by atoms with Gasteiger partial charge in [0.1, 0.15) is 10.6 Å². The molecule has 2 aromatic rings. The molecule has 0 bridgehead atoms. The molecule has 0 saturated carbocycles. The van der Waals surface area contributed by atoms with Crippen LogP contribution in [0.2, 0.25) is 0 Å². The molecule has 1 amide bonds. The fourth-order valence-corrected chi connectivity index (χ4v) is 3.14. The van der Waals surface area contributed by atoms with E-state index < -0.39 is 0 Å². The maximum Gasteiger partial charge on any atom is 0.265 e. The fourth-order valence-electron chi connectivity index (χ4n) is 2.37. The zero-order valence-corrected chi connectivity index (χ0v) is 13.2. The van der Waals surface area contributed by atoms with Gasteiger partial charge < -0.3 is 10.1 Å². The van der Waals surface area contributed by atoms with E-state index in [9.17, 15) is 4.79 Å². The van der Waals surface area contributed by atoms with E-state index in [4.69, 9.17) is 4.74 Å². The third-order valence-corrected chi connectivity index (χ3v) is 4.30. The van der Waals surface area contributed by atoms with Crippen LogP contribution in [-0.4, -0.2) is 22.8 Å². The Labute approximate surface area is 122 Å². The lowest BCUT2D eigenvalue weighted by atomic mass is 10.1. The maximum atomic E-state index is 12.3. The summed E-state index contributed by atoms with van der Waals surface area (Å²) in [5, 5.41) is 9.23. The number of amides is 1. The maximum absolute atomic E-state index is 12.3. The number of carbonyl (C=O) groups excluding carboxylic acids is 1. The monoisotopic (exact) mass is 293 g/mol. The van der Waals surface area contributed by atoms with Crippen molar-refractivity contribution in [1.82, 2.24) is 15.1 Å². The molecule has 20 heavy (non-hydrogen) atoms. The third kappa shape index (κ3) is 2.56. The van der Waals surface area contributed by atoms with Gasteiger partial charge in [-0.05, 0) is 32.2 Å². The zero-order valence-electron chi connectivity index (χ0n) is 12.4. The van der Waals surface area contributed by atoms with Gasteiger partial charge in [-0.25, -0.2) is 0 Å². The van der Waals surface area contributed by atoms with Crippen LogP contribution in [0.4, 0.5) is 0 Å². The largest absolute Gasteiger partial charge is 0.495 e. The second-order valence-corrected chi connectivity index (χ2v) is 5.64. The topological polar surface area (TPSA) is 56.1 Å². The lowest BCUT2D eigenvalue weighted by Gasteiger charge is -2.14. The second-order valence-electron chi connectivity index (χ2n) is 4.72. The van der Waals surface area contributed by atoms with Crippen LogP contribution in [0.3, 0.4) is 0 Å². The van der Waals surface area contributed by atoms with Crippen molar-refractivity contribution in [1.29, 1.82) is 0 Å². The van der Waals surface area contributed by atoms with E-state index in [1.807, 2.05) is 37.9 Å². The third-order valence-electron chi connectivity index (χ3n) is 3.40.